The van der Waals surface area contributed by atoms with Crippen molar-refractivity contribution in [3.63, 3.8) is 0 Å². The summed E-state index contributed by atoms with van der Waals surface area (Å²) in [6.07, 6.45) is 12.8. The van der Waals surface area contributed by atoms with Crippen LogP contribution >= 0.6 is 0 Å². The van der Waals surface area contributed by atoms with Crippen molar-refractivity contribution in [2.75, 3.05) is 5.32 Å². The molecule has 4 heteroatoms. The number of benzene rings is 1. The van der Waals surface area contributed by atoms with E-state index >= 15 is 0 Å². The molecule has 4 bridgehead atoms. The molecule has 0 aromatic heterocycles. The fourth-order valence-electron chi connectivity index (χ4n) is 7.50. The van der Waals surface area contributed by atoms with Crippen LogP contribution in [0.1, 0.15) is 76.2 Å². The van der Waals surface area contributed by atoms with Gasteiger partial charge in [0, 0.05) is 17.0 Å². The Morgan fingerprint density at radius 2 is 1.47 bits per heavy atom. The van der Waals surface area contributed by atoms with Crippen molar-refractivity contribution in [3.8, 4) is 0 Å². The van der Waals surface area contributed by atoms with E-state index in [2.05, 4.69) is 10.6 Å². The fourth-order valence-corrected chi connectivity index (χ4v) is 7.50. The summed E-state index contributed by atoms with van der Waals surface area (Å²) in [6, 6.07) is 7.58. The van der Waals surface area contributed by atoms with Gasteiger partial charge >= 0.3 is 0 Å². The van der Waals surface area contributed by atoms with E-state index in [1.807, 2.05) is 31.2 Å². The van der Waals surface area contributed by atoms with E-state index in [0.29, 0.717) is 0 Å². The van der Waals surface area contributed by atoms with Crippen LogP contribution in [0.3, 0.4) is 0 Å². The van der Waals surface area contributed by atoms with Gasteiger partial charge in [0.05, 0.1) is 0 Å². The Balaban J connectivity index is 1.39. The summed E-state index contributed by atoms with van der Waals surface area (Å²) in [6.45, 7) is 2.05. The average molecular weight is 409 g/mol. The predicted octanol–water partition coefficient (Wildman–Crippen LogP) is 5.22. The smallest absolute Gasteiger partial charge is 0.247 e. The van der Waals surface area contributed by atoms with Gasteiger partial charge in [0.25, 0.3) is 0 Å². The molecular weight excluding hydrogens is 372 g/mol. The first-order valence-electron chi connectivity index (χ1n) is 12.2. The third kappa shape index (κ3) is 3.90. The number of amides is 2. The molecule has 5 saturated carbocycles. The summed E-state index contributed by atoms with van der Waals surface area (Å²) < 4.78 is 0. The topological polar surface area (TPSA) is 58.2 Å². The maximum absolute atomic E-state index is 13.6. The Labute approximate surface area is 180 Å². The first-order chi connectivity index (χ1) is 14.5. The van der Waals surface area contributed by atoms with Crippen molar-refractivity contribution in [3.05, 3.63) is 29.8 Å². The van der Waals surface area contributed by atoms with Crippen LogP contribution in [0.25, 0.3) is 0 Å². The summed E-state index contributed by atoms with van der Waals surface area (Å²) in [5, 5.41) is 6.47. The molecule has 0 aliphatic heterocycles. The van der Waals surface area contributed by atoms with Gasteiger partial charge < -0.3 is 10.6 Å². The van der Waals surface area contributed by atoms with Crippen LogP contribution in [0.2, 0.25) is 0 Å². The SMILES string of the molecule is Cc1ccc(NC(=O)[C@H](NC(=O)C2CCCCC2)C23CC4CC(CC(C4)C2)C3)cc1. The number of hydrogen-bond donors (Lipinski definition) is 2. The number of carbonyl (C=O) groups excluding carboxylic acids is 2. The highest BCUT2D eigenvalue weighted by atomic mass is 16.2. The summed E-state index contributed by atoms with van der Waals surface area (Å²) in [4.78, 5) is 26.8. The highest BCUT2D eigenvalue weighted by Gasteiger charge is 2.56. The lowest BCUT2D eigenvalue weighted by Crippen LogP contribution is -2.61. The van der Waals surface area contributed by atoms with Crippen LogP contribution in [-0.4, -0.2) is 17.9 Å². The zero-order valence-electron chi connectivity index (χ0n) is 18.3. The van der Waals surface area contributed by atoms with Crippen LogP contribution in [0, 0.1) is 36.0 Å². The average Bonchev–Trinajstić information content (AvgIpc) is 2.73. The highest BCUT2D eigenvalue weighted by Crippen LogP contribution is 2.61. The van der Waals surface area contributed by atoms with E-state index in [9.17, 15) is 9.59 Å². The van der Waals surface area contributed by atoms with Crippen molar-refractivity contribution in [1.29, 1.82) is 0 Å². The Kier molecular flexibility index (Phi) is 5.37. The minimum absolute atomic E-state index is 0.00929. The summed E-state index contributed by atoms with van der Waals surface area (Å²) in [5.74, 6) is 2.44. The lowest BCUT2D eigenvalue weighted by molar-refractivity contribution is -0.139. The minimum atomic E-state index is -0.401. The van der Waals surface area contributed by atoms with Crippen LogP contribution in [-0.2, 0) is 9.59 Å². The van der Waals surface area contributed by atoms with Gasteiger partial charge in [-0.25, -0.2) is 0 Å². The maximum Gasteiger partial charge on any atom is 0.247 e. The molecule has 1 aromatic carbocycles. The molecular formula is C26H36N2O2. The number of rotatable bonds is 5. The van der Waals surface area contributed by atoms with Gasteiger partial charge in [-0.05, 0) is 88.2 Å². The number of aryl methyl sites for hydroxylation is 1. The van der Waals surface area contributed by atoms with E-state index in [4.69, 9.17) is 0 Å². The van der Waals surface area contributed by atoms with Gasteiger partial charge in [0.2, 0.25) is 11.8 Å². The lowest BCUT2D eigenvalue weighted by Gasteiger charge is -2.59. The van der Waals surface area contributed by atoms with Gasteiger partial charge in [-0.1, -0.05) is 37.0 Å². The van der Waals surface area contributed by atoms with E-state index in [1.165, 1.54) is 31.2 Å². The molecule has 4 nitrogen and oxygen atoms in total. The lowest BCUT2D eigenvalue weighted by atomic mass is 9.47. The molecule has 30 heavy (non-hydrogen) atoms. The summed E-state index contributed by atoms with van der Waals surface area (Å²) in [5.41, 5.74) is 1.96. The van der Waals surface area contributed by atoms with Crippen LogP contribution in [0.4, 0.5) is 5.69 Å². The monoisotopic (exact) mass is 408 g/mol. The van der Waals surface area contributed by atoms with Gasteiger partial charge in [-0.2, -0.15) is 0 Å². The fraction of sp³-hybridized carbons (Fsp3) is 0.692. The van der Waals surface area contributed by atoms with Crippen molar-refractivity contribution >= 4 is 17.5 Å². The first kappa shape index (κ1) is 20.1. The molecule has 0 radical (unpaired) electrons. The Morgan fingerprint density at radius 3 is 2.03 bits per heavy atom. The van der Waals surface area contributed by atoms with Crippen molar-refractivity contribution in [2.24, 2.45) is 29.1 Å². The highest BCUT2D eigenvalue weighted by molar-refractivity contribution is 5.98. The molecule has 162 valence electrons. The molecule has 1 aromatic rings. The number of carbonyl (C=O) groups is 2. The second-order valence-electron chi connectivity index (χ2n) is 10.9. The van der Waals surface area contributed by atoms with Crippen molar-refractivity contribution in [2.45, 2.75) is 83.6 Å². The van der Waals surface area contributed by atoms with E-state index in [-0.39, 0.29) is 23.1 Å². The Hall–Kier alpha value is -1.84. The van der Waals surface area contributed by atoms with Gasteiger partial charge in [-0.15, -0.1) is 0 Å². The molecule has 0 unspecified atom stereocenters. The molecule has 0 saturated heterocycles. The molecule has 0 heterocycles. The predicted molar refractivity (Wildman–Crippen MR) is 119 cm³/mol. The standard InChI is InChI=1S/C26H36N2O2/c1-17-7-9-22(10-8-17)27-25(30)23(28-24(29)21-5-3-2-4-6-21)26-14-18-11-19(15-26)13-20(12-18)16-26/h7-10,18-21,23H,2-6,11-16H2,1H3,(H,27,30)(H,28,29)/t18?,19?,20?,23-,26?/m0/s1. The third-order valence-corrected chi connectivity index (χ3v) is 8.54. The van der Waals surface area contributed by atoms with Crippen LogP contribution in [0.5, 0.6) is 0 Å². The molecule has 5 fully saturated rings. The second kappa shape index (κ2) is 8.01. The maximum atomic E-state index is 13.6. The zero-order valence-corrected chi connectivity index (χ0v) is 18.3. The number of hydrogen-bond acceptors (Lipinski definition) is 2. The Bertz CT molecular complexity index is 758. The van der Waals surface area contributed by atoms with Gasteiger partial charge in [0.1, 0.15) is 6.04 Å². The van der Waals surface area contributed by atoms with Crippen LogP contribution < -0.4 is 10.6 Å². The zero-order chi connectivity index (χ0) is 20.7. The van der Waals surface area contributed by atoms with E-state index < -0.39 is 6.04 Å². The number of anilines is 1. The number of nitrogens with one attached hydrogen (secondary N) is 2. The van der Waals surface area contributed by atoms with Gasteiger partial charge in [0.15, 0.2) is 0 Å². The second-order valence-corrected chi connectivity index (χ2v) is 10.9. The molecule has 0 spiro atoms. The normalized spacial score (nSPS) is 33.8. The van der Waals surface area contributed by atoms with Gasteiger partial charge in [-0.3, -0.25) is 9.59 Å². The van der Waals surface area contributed by atoms with E-state index in [1.54, 1.807) is 0 Å². The summed E-state index contributed by atoms with van der Waals surface area (Å²) in [7, 11) is 0. The minimum Gasteiger partial charge on any atom is -0.344 e. The van der Waals surface area contributed by atoms with E-state index in [0.717, 1.165) is 68.4 Å². The molecule has 5 aliphatic rings. The quantitative estimate of drug-likeness (QED) is 0.702. The van der Waals surface area contributed by atoms with Crippen LogP contribution in [0.15, 0.2) is 24.3 Å². The largest absolute Gasteiger partial charge is 0.344 e. The molecule has 6 rings (SSSR count). The molecule has 2 N–H and O–H groups in total. The van der Waals surface area contributed by atoms with Crippen molar-refractivity contribution in [1.82, 2.24) is 5.32 Å². The third-order valence-electron chi connectivity index (χ3n) is 8.54. The first-order valence-corrected chi connectivity index (χ1v) is 12.2. The molecule has 5 aliphatic carbocycles. The molecule has 2 amide bonds. The Morgan fingerprint density at radius 1 is 0.900 bits per heavy atom. The molecule has 1 atom stereocenters. The van der Waals surface area contributed by atoms with Crippen molar-refractivity contribution < 1.29 is 9.59 Å². The summed E-state index contributed by atoms with van der Waals surface area (Å²) >= 11 is 0.